The number of aryl methyl sites for hydroxylation is 2. The van der Waals surface area contributed by atoms with Gasteiger partial charge in [-0.25, -0.2) is 9.18 Å². The summed E-state index contributed by atoms with van der Waals surface area (Å²) in [4.78, 5) is 37.8. The highest BCUT2D eigenvalue weighted by molar-refractivity contribution is 9.10. The lowest BCUT2D eigenvalue weighted by Crippen LogP contribution is -2.38. The fraction of sp³-hybridized carbons (Fsp3) is 0.294. The van der Waals surface area contributed by atoms with Gasteiger partial charge in [-0.05, 0) is 32.0 Å². The van der Waals surface area contributed by atoms with Gasteiger partial charge in [0.15, 0.2) is 0 Å². The van der Waals surface area contributed by atoms with Gasteiger partial charge in [-0.1, -0.05) is 15.9 Å². The summed E-state index contributed by atoms with van der Waals surface area (Å²) >= 11 is 3.21. The van der Waals surface area contributed by atoms with Crippen LogP contribution in [0.15, 0.2) is 22.7 Å². The Balaban J connectivity index is 1.76. The van der Waals surface area contributed by atoms with Gasteiger partial charge in [-0.2, -0.15) is 5.10 Å². The molecule has 2 N–H and O–H groups in total. The number of halogens is 2. The molecule has 3 rings (SSSR count). The van der Waals surface area contributed by atoms with Crippen molar-refractivity contribution in [2.24, 2.45) is 7.05 Å². The first kappa shape index (κ1) is 19.0. The van der Waals surface area contributed by atoms with Gasteiger partial charge >= 0.3 is 6.03 Å². The molecule has 10 heteroatoms. The van der Waals surface area contributed by atoms with Crippen molar-refractivity contribution in [1.82, 2.24) is 20.0 Å². The molecule has 2 aromatic rings. The SMILES string of the molecule is Cc1nn(C)c(C)c1NC(=O)CN1C(=O)NC(c2cc(Br)ccc2F)C1=O. The van der Waals surface area contributed by atoms with Crippen molar-refractivity contribution in [3.8, 4) is 0 Å². The molecular formula is C17H17BrFN5O3. The molecule has 1 aromatic carbocycles. The third-order valence-electron chi connectivity index (χ3n) is 4.37. The highest BCUT2D eigenvalue weighted by Crippen LogP contribution is 2.27. The van der Waals surface area contributed by atoms with Gasteiger partial charge in [-0.15, -0.1) is 0 Å². The van der Waals surface area contributed by atoms with Crippen LogP contribution < -0.4 is 10.6 Å². The lowest BCUT2D eigenvalue weighted by molar-refractivity contribution is -0.130. The van der Waals surface area contributed by atoms with Crippen molar-refractivity contribution in [3.05, 3.63) is 45.4 Å². The third-order valence-corrected chi connectivity index (χ3v) is 4.86. The predicted octanol–water partition coefficient (Wildman–Crippen LogP) is 2.17. The minimum Gasteiger partial charge on any atom is -0.322 e. The second-order valence-corrected chi connectivity index (χ2v) is 7.11. The number of hydrogen-bond acceptors (Lipinski definition) is 4. The Kier molecular flexibility index (Phi) is 5.01. The van der Waals surface area contributed by atoms with E-state index in [1.165, 1.54) is 18.2 Å². The van der Waals surface area contributed by atoms with E-state index in [0.29, 0.717) is 15.9 Å². The monoisotopic (exact) mass is 437 g/mol. The fourth-order valence-electron chi connectivity index (χ4n) is 2.89. The fourth-order valence-corrected chi connectivity index (χ4v) is 3.27. The van der Waals surface area contributed by atoms with E-state index in [1.807, 2.05) is 0 Å². The lowest BCUT2D eigenvalue weighted by atomic mass is 10.1. The summed E-state index contributed by atoms with van der Waals surface area (Å²) in [6.45, 7) is 3.04. The summed E-state index contributed by atoms with van der Waals surface area (Å²) in [6.07, 6.45) is 0. The van der Waals surface area contributed by atoms with Crippen molar-refractivity contribution < 1.29 is 18.8 Å². The van der Waals surface area contributed by atoms with Crippen molar-refractivity contribution in [1.29, 1.82) is 0 Å². The van der Waals surface area contributed by atoms with Crippen LogP contribution in [0.1, 0.15) is 23.0 Å². The average Bonchev–Trinajstić information content (AvgIpc) is 3.01. The van der Waals surface area contributed by atoms with Crippen molar-refractivity contribution in [3.63, 3.8) is 0 Å². The molecule has 1 aliphatic rings. The van der Waals surface area contributed by atoms with Crippen LogP contribution in [0, 0.1) is 19.7 Å². The average molecular weight is 438 g/mol. The number of nitrogens with zero attached hydrogens (tertiary/aromatic N) is 3. The first-order valence-electron chi connectivity index (χ1n) is 8.06. The van der Waals surface area contributed by atoms with E-state index in [0.717, 1.165) is 10.6 Å². The first-order valence-corrected chi connectivity index (χ1v) is 8.85. The topological polar surface area (TPSA) is 96.3 Å². The number of benzene rings is 1. The molecule has 27 heavy (non-hydrogen) atoms. The van der Waals surface area contributed by atoms with E-state index in [4.69, 9.17) is 0 Å². The number of carbonyl (C=O) groups excluding carboxylic acids is 3. The molecule has 0 radical (unpaired) electrons. The van der Waals surface area contributed by atoms with E-state index in [9.17, 15) is 18.8 Å². The van der Waals surface area contributed by atoms with Crippen LogP contribution in [0.25, 0.3) is 0 Å². The molecule has 1 aromatic heterocycles. The molecule has 2 heterocycles. The van der Waals surface area contributed by atoms with Gasteiger partial charge in [-0.3, -0.25) is 19.2 Å². The standard InChI is InChI=1S/C17H17BrFN5O3/c1-8-14(9(2)23(3)22-8)20-13(25)7-24-16(26)15(21-17(24)27)11-6-10(18)4-5-12(11)19/h4-6,15H,7H2,1-3H3,(H,20,25)(H,21,27). The molecule has 0 spiro atoms. The Bertz CT molecular complexity index is 958. The number of amides is 4. The van der Waals surface area contributed by atoms with Crippen LogP contribution in [0.5, 0.6) is 0 Å². The van der Waals surface area contributed by atoms with Crippen LogP contribution in [0.2, 0.25) is 0 Å². The summed E-state index contributed by atoms with van der Waals surface area (Å²) in [5.74, 6) is -1.86. The van der Waals surface area contributed by atoms with Gasteiger partial charge < -0.3 is 10.6 Å². The molecule has 0 saturated carbocycles. The van der Waals surface area contributed by atoms with Crippen LogP contribution in [-0.4, -0.2) is 39.1 Å². The zero-order chi connectivity index (χ0) is 19.9. The zero-order valence-corrected chi connectivity index (χ0v) is 16.4. The maximum absolute atomic E-state index is 14.1. The Morgan fingerprint density at radius 2 is 2.07 bits per heavy atom. The summed E-state index contributed by atoms with van der Waals surface area (Å²) in [5, 5.41) is 9.27. The highest BCUT2D eigenvalue weighted by Gasteiger charge is 2.41. The Hall–Kier alpha value is -2.75. The maximum atomic E-state index is 14.1. The molecule has 1 atom stereocenters. The van der Waals surface area contributed by atoms with Gasteiger partial charge in [0.25, 0.3) is 5.91 Å². The quantitative estimate of drug-likeness (QED) is 0.716. The third kappa shape index (κ3) is 3.57. The van der Waals surface area contributed by atoms with Crippen LogP contribution in [0.3, 0.4) is 0 Å². The van der Waals surface area contributed by atoms with Gasteiger partial charge in [0.2, 0.25) is 5.91 Å². The van der Waals surface area contributed by atoms with Crippen LogP contribution >= 0.6 is 15.9 Å². The number of anilines is 1. The van der Waals surface area contributed by atoms with E-state index in [2.05, 4.69) is 31.7 Å². The highest BCUT2D eigenvalue weighted by atomic mass is 79.9. The smallest absolute Gasteiger partial charge is 0.322 e. The number of urea groups is 1. The molecule has 1 unspecified atom stereocenters. The van der Waals surface area contributed by atoms with Crippen molar-refractivity contribution >= 4 is 39.5 Å². The maximum Gasteiger partial charge on any atom is 0.325 e. The summed E-state index contributed by atoms with van der Waals surface area (Å²) in [6, 6.07) is 2.18. The van der Waals surface area contributed by atoms with Crippen LogP contribution in [0.4, 0.5) is 14.9 Å². The molecule has 1 fully saturated rings. The van der Waals surface area contributed by atoms with Crippen molar-refractivity contribution in [2.75, 3.05) is 11.9 Å². The minimum absolute atomic E-state index is 0.0320. The summed E-state index contributed by atoms with van der Waals surface area (Å²) in [7, 11) is 1.74. The molecule has 1 aliphatic heterocycles. The summed E-state index contributed by atoms with van der Waals surface area (Å²) < 4.78 is 16.2. The van der Waals surface area contributed by atoms with Gasteiger partial charge in [0.05, 0.1) is 17.1 Å². The molecular weight excluding hydrogens is 421 g/mol. The number of imide groups is 1. The number of hydrogen-bond donors (Lipinski definition) is 2. The largest absolute Gasteiger partial charge is 0.325 e. The number of carbonyl (C=O) groups is 3. The van der Waals surface area contributed by atoms with E-state index < -0.39 is 36.2 Å². The minimum atomic E-state index is -1.18. The van der Waals surface area contributed by atoms with Crippen molar-refractivity contribution in [2.45, 2.75) is 19.9 Å². The Morgan fingerprint density at radius 1 is 1.37 bits per heavy atom. The zero-order valence-electron chi connectivity index (χ0n) is 14.8. The van der Waals surface area contributed by atoms with E-state index in [1.54, 1.807) is 25.6 Å². The van der Waals surface area contributed by atoms with Crippen LogP contribution in [-0.2, 0) is 16.6 Å². The Morgan fingerprint density at radius 3 is 2.70 bits per heavy atom. The van der Waals surface area contributed by atoms with E-state index >= 15 is 0 Å². The molecule has 142 valence electrons. The second-order valence-electron chi connectivity index (χ2n) is 6.19. The molecule has 8 nitrogen and oxygen atoms in total. The normalized spacial score (nSPS) is 16.6. The summed E-state index contributed by atoms with van der Waals surface area (Å²) in [5.41, 5.74) is 1.93. The number of rotatable bonds is 4. The van der Waals surface area contributed by atoms with Gasteiger partial charge in [0, 0.05) is 17.1 Å². The van der Waals surface area contributed by atoms with E-state index in [-0.39, 0.29) is 5.56 Å². The molecule has 0 bridgehead atoms. The molecule has 1 saturated heterocycles. The number of nitrogens with one attached hydrogen (secondary N) is 2. The Labute approximate surface area is 162 Å². The predicted molar refractivity (Wildman–Crippen MR) is 98.4 cm³/mol. The van der Waals surface area contributed by atoms with Gasteiger partial charge in [0.1, 0.15) is 18.4 Å². The lowest BCUT2D eigenvalue weighted by Gasteiger charge is -2.14. The first-order chi connectivity index (χ1) is 12.7. The number of aromatic nitrogens is 2. The molecule has 0 aliphatic carbocycles. The second kappa shape index (κ2) is 7.10. The molecule has 4 amide bonds.